The predicted molar refractivity (Wildman–Crippen MR) is 193 cm³/mol. The van der Waals surface area contributed by atoms with Gasteiger partial charge in [0.25, 0.3) is 0 Å². The molecule has 0 N–H and O–H groups in total. The van der Waals surface area contributed by atoms with Crippen molar-refractivity contribution in [1.29, 1.82) is 0 Å². The van der Waals surface area contributed by atoms with Gasteiger partial charge in [0.15, 0.2) is 0 Å². The first kappa shape index (κ1) is 34.2. The van der Waals surface area contributed by atoms with Gasteiger partial charge in [-0.3, -0.25) is 24.1 Å². The Kier molecular flexibility index (Phi) is 8.96. The maximum atomic E-state index is 14.4. The van der Waals surface area contributed by atoms with Crippen LogP contribution < -0.4 is 0 Å². The molecule has 2 unspecified atom stereocenters. The smallest absolute Gasteiger partial charge is 0.315 e. The molecule has 11 heteroatoms. The molecule has 3 heterocycles. The molecule has 248 valence electrons. The van der Waals surface area contributed by atoms with Gasteiger partial charge in [0.05, 0.1) is 28.7 Å². The number of likely N-dealkylation sites (tertiary alicyclic amines) is 1. The quantitative estimate of drug-likeness (QED) is 0.129. The lowest BCUT2D eigenvalue weighted by Crippen LogP contribution is -2.41. The Morgan fingerprint density at radius 1 is 0.936 bits per heavy atom. The molecule has 7 nitrogen and oxygen atoms in total. The van der Waals surface area contributed by atoms with E-state index in [0.717, 1.165) is 41.8 Å². The highest BCUT2D eigenvalue weighted by molar-refractivity contribution is 7.21. The van der Waals surface area contributed by atoms with Crippen molar-refractivity contribution in [1.82, 2.24) is 4.90 Å². The summed E-state index contributed by atoms with van der Waals surface area (Å²) in [5, 5.41) is -1.46. The maximum Gasteiger partial charge on any atom is 0.315 e. The molecule has 2 aliphatic carbocycles. The standard InChI is InChI=1S/C36H41NO6P2S2/c1-19-24(16-27(47-19)21-10-8-7-9-11-21)26-14-22-17-36(26,25-15-23(46-20(25)2)18-43-33(41)35(5,6)45)29-28(22)30(38)37(31(29)39)12-13-42-32(40)34(3,4)44/h7-11,14-16,22,28-29H,12-13,17-18,44-45H2,1-6H3/t22-,28-,29+,36+/m0/s1. The van der Waals surface area contributed by atoms with Crippen LogP contribution in [0.2, 0.25) is 0 Å². The molecule has 6 atom stereocenters. The molecule has 2 bridgehead atoms. The second-order valence-electron chi connectivity index (χ2n) is 14.0. The highest BCUT2D eigenvalue weighted by Crippen LogP contribution is 2.67. The minimum absolute atomic E-state index is 0.0273. The van der Waals surface area contributed by atoms with Crippen molar-refractivity contribution in [2.45, 2.75) is 70.3 Å². The molecule has 1 aliphatic heterocycles. The summed E-state index contributed by atoms with van der Waals surface area (Å²) in [7, 11) is 4.98. The number of nitrogens with zero attached hydrogens (tertiary/aromatic N) is 1. The van der Waals surface area contributed by atoms with Crippen molar-refractivity contribution in [3.8, 4) is 10.4 Å². The molecule has 1 aromatic carbocycles. The van der Waals surface area contributed by atoms with Crippen molar-refractivity contribution < 1.29 is 28.7 Å². The average molecular weight is 710 g/mol. The number of carbonyl (C=O) groups is 4. The number of thiophene rings is 2. The van der Waals surface area contributed by atoms with Crippen LogP contribution in [0.15, 0.2) is 48.5 Å². The monoisotopic (exact) mass is 709 g/mol. The molecule has 47 heavy (non-hydrogen) atoms. The number of hydrogen-bond acceptors (Lipinski definition) is 8. The van der Waals surface area contributed by atoms with E-state index >= 15 is 0 Å². The van der Waals surface area contributed by atoms with E-state index in [9.17, 15) is 19.2 Å². The summed E-state index contributed by atoms with van der Waals surface area (Å²) in [6, 6.07) is 14.6. The highest BCUT2D eigenvalue weighted by atomic mass is 32.1. The van der Waals surface area contributed by atoms with Crippen LogP contribution >= 0.6 is 41.2 Å². The lowest BCUT2D eigenvalue weighted by molar-refractivity contribution is -0.150. The number of amides is 2. The van der Waals surface area contributed by atoms with Gasteiger partial charge in [0.2, 0.25) is 11.8 Å². The number of esters is 2. The van der Waals surface area contributed by atoms with Crippen LogP contribution in [0.4, 0.5) is 0 Å². The van der Waals surface area contributed by atoms with Gasteiger partial charge in [-0.2, -0.15) is 0 Å². The number of allylic oxidation sites excluding steroid dienone is 2. The fraction of sp³-hybridized carbons (Fsp3) is 0.444. The van der Waals surface area contributed by atoms with Crippen LogP contribution in [-0.4, -0.2) is 52.1 Å². The molecular weight excluding hydrogens is 668 g/mol. The lowest BCUT2D eigenvalue weighted by atomic mass is 9.64. The number of carbonyl (C=O) groups excluding carboxylic acids is 4. The van der Waals surface area contributed by atoms with E-state index in [4.69, 9.17) is 9.47 Å². The van der Waals surface area contributed by atoms with Crippen LogP contribution in [0.1, 0.15) is 59.9 Å². The van der Waals surface area contributed by atoms with Gasteiger partial charge in [-0.1, -0.05) is 36.4 Å². The SMILES string of the molecule is Cc1sc(-c2ccccc2)cc1C1=C[C@H]2C[C@]1(c1cc(COC(=O)C(C)(C)P)sc1C)[C@H]1C(=O)N(CCOC(=O)C(C)(C)P)C(=O)[C@@H]21. The van der Waals surface area contributed by atoms with E-state index in [1.807, 2.05) is 18.2 Å². The third-order valence-electron chi connectivity index (χ3n) is 9.52. The van der Waals surface area contributed by atoms with Crippen molar-refractivity contribution in [2.24, 2.45) is 17.8 Å². The summed E-state index contributed by atoms with van der Waals surface area (Å²) in [4.78, 5) is 59.0. The third-order valence-corrected chi connectivity index (χ3v) is 12.1. The van der Waals surface area contributed by atoms with E-state index < -0.39 is 33.5 Å². The zero-order valence-electron chi connectivity index (χ0n) is 27.5. The maximum absolute atomic E-state index is 14.4. The molecule has 3 aliphatic rings. The van der Waals surface area contributed by atoms with Crippen LogP contribution in [0, 0.1) is 31.6 Å². The Bertz CT molecular complexity index is 1800. The van der Waals surface area contributed by atoms with Crippen LogP contribution in [-0.2, 0) is 40.7 Å². The number of rotatable bonds is 10. The first-order valence-corrected chi connectivity index (χ1v) is 18.6. The predicted octanol–water partition coefficient (Wildman–Crippen LogP) is 6.94. The van der Waals surface area contributed by atoms with Crippen LogP contribution in [0.5, 0.6) is 0 Å². The Labute approximate surface area is 288 Å². The number of imide groups is 1. The van der Waals surface area contributed by atoms with E-state index in [-0.39, 0.29) is 43.5 Å². The summed E-state index contributed by atoms with van der Waals surface area (Å²) in [5.74, 6) is -2.29. The average Bonchev–Trinajstić information content (AvgIpc) is 3.80. The Morgan fingerprint density at radius 2 is 1.60 bits per heavy atom. The number of fused-ring (bicyclic) bond motifs is 5. The first-order valence-electron chi connectivity index (χ1n) is 15.8. The normalized spacial score (nSPS) is 23.7. The summed E-state index contributed by atoms with van der Waals surface area (Å²) < 4.78 is 11.1. The highest BCUT2D eigenvalue weighted by Gasteiger charge is 2.69. The van der Waals surface area contributed by atoms with Gasteiger partial charge < -0.3 is 9.47 Å². The van der Waals surface area contributed by atoms with Gasteiger partial charge in [-0.25, -0.2) is 0 Å². The molecule has 2 amide bonds. The van der Waals surface area contributed by atoms with Crippen LogP contribution in [0.3, 0.4) is 0 Å². The van der Waals surface area contributed by atoms with E-state index in [1.54, 1.807) is 50.4 Å². The number of ether oxygens (including phenoxy) is 2. The van der Waals surface area contributed by atoms with Gasteiger partial charge in [-0.15, -0.1) is 41.2 Å². The Balaban J connectivity index is 1.39. The largest absolute Gasteiger partial charge is 0.463 e. The second kappa shape index (κ2) is 12.3. The topological polar surface area (TPSA) is 90.0 Å². The van der Waals surface area contributed by atoms with E-state index in [2.05, 4.69) is 62.7 Å². The molecule has 0 spiro atoms. The van der Waals surface area contributed by atoms with E-state index in [0.29, 0.717) is 6.42 Å². The first-order chi connectivity index (χ1) is 22.0. The summed E-state index contributed by atoms with van der Waals surface area (Å²) >= 11 is 3.30. The number of benzene rings is 1. The second-order valence-corrected chi connectivity index (χ2v) is 19.5. The fourth-order valence-electron chi connectivity index (χ4n) is 7.39. The number of hydrogen-bond donors (Lipinski definition) is 0. The molecule has 0 radical (unpaired) electrons. The minimum Gasteiger partial charge on any atom is -0.463 e. The molecule has 2 aromatic heterocycles. The zero-order chi connectivity index (χ0) is 34.1. The summed E-state index contributed by atoms with van der Waals surface area (Å²) in [6.45, 7) is 11.4. The Hall–Kier alpha value is -2.70. The van der Waals surface area contributed by atoms with Crippen LogP contribution in [0.25, 0.3) is 16.0 Å². The lowest BCUT2D eigenvalue weighted by Gasteiger charge is -2.37. The molecule has 3 aromatic rings. The van der Waals surface area contributed by atoms with Crippen molar-refractivity contribution >= 4 is 70.5 Å². The van der Waals surface area contributed by atoms with Crippen molar-refractivity contribution in [3.63, 3.8) is 0 Å². The van der Waals surface area contributed by atoms with Crippen molar-refractivity contribution in [3.05, 3.63) is 74.3 Å². The number of aryl methyl sites for hydroxylation is 2. The molecule has 1 saturated carbocycles. The van der Waals surface area contributed by atoms with Gasteiger partial charge in [0.1, 0.15) is 13.2 Å². The van der Waals surface area contributed by atoms with Gasteiger partial charge in [-0.05, 0) is 88.3 Å². The van der Waals surface area contributed by atoms with Gasteiger partial charge in [0, 0.05) is 24.9 Å². The van der Waals surface area contributed by atoms with Gasteiger partial charge >= 0.3 is 11.9 Å². The third kappa shape index (κ3) is 5.96. The summed E-state index contributed by atoms with van der Waals surface area (Å²) in [6.07, 6.45) is 2.90. The van der Waals surface area contributed by atoms with E-state index in [1.165, 1.54) is 4.90 Å². The van der Waals surface area contributed by atoms with Crippen molar-refractivity contribution in [2.75, 3.05) is 13.2 Å². The summed E-state index contributed by atoms with van der Waals surface area (Å²) in [5.41, 5.74) is 3.63. The molecule has 6 rings (SSSR count). The Morgan fingerprint density at radius 3 is 2.26 bits per heavy atom. The molecule has 2 fully saturated rings. The molecule has 1 saturated heterocycles. The minimum atomic E-state index is -0.761. The zero-order valence-corrected chi connectivity index (χ0v) is 31.5. The molecular formula is C36H41NO6P2S2. The fourth-order valence-corrected chi connectivity index (χ4v) is 9.64.